The molecule has 0 atom stereocenters. The van der Waals surface area contributed by atoms with Crippen molar-refractivity contribution in [3.8, 4) is 0 Å². The van der Waals surface area contributed by atoms with Crippen molar-refractivity contribution in [1.29, 1.82) is 0 Å². The fourth-order valence-electron chi connectivity index (χ4n) is 7.51. The van der Waals surface area contributed by atoms with Crippen LogP contribution in [0.2, 0.25) is 6.04 Å². The fourth-order valence-corrected chi connectivity index (χ4v) is 9.71. The largest absolute Gasteiger partial charge is 0.635 e. The summed E-state index contributed by atoms with van der Waals surface area (Å²) in [5.74, 6) is -0.514. The quantitative estimate of drug-likeness (QED) is 0.0285. The summed E-state index contributed by atoms with van der Waals surface area (Å²) in [7, 11) is -1.83. The van der Waals surface area contributed by atoms with Crippen LogP contribution in [-0.4, -0.2) is 33.5 Å². The lowest BCUT2D eigenvalue weighted by molar-refractivity contribution is -0.145. The Labute approximate surface area is 356 Å². The highest BCUT2D eigenvalue weighted by Crippen LogP contribution is 2.23. The average Bonchev–Trinajstić information content (AvgIpc) is 3.19. The highest BCUT2D eigenvalue weighted by atomic mass is 32.1. The number of hydrogen-bond acceptors (Lipinski definition) is 6. The molecular formula is C48H96O6SSi. The second-order valence-corrected chi connectivity index (χ2v) is 19.5. The van der Waals surface area contributed by atoms with Gasteiger partial charge in [-0.05, 0) is 19.3 Å². The number of thiol groups is 1. The van der Waals surface area contributed by atoms with E-state index in [9.17, 15) is 9.59 Å². The van der Waals surface area contributed by atoms with Gasteiger partial charge in [0.05, 0.1) is 0 Å². The molecule has 0 bridgehead atoms. The molecule has 334 valence electrons. The molecule has 0 saturated heterocycles. The van der Waals surface area contributed by atoms with Crippen molar-refractivity contribution in [2.45, 2.75) is 284 Å². The van der Waals surface area contributed by atoms with Crippen molar-refractivity contribution >= 4 is 39.0 Å². The maximum Gasteiger partial charge on any atom is 0.635 e. The zero-order valence-electron chi connectivity index (χ0n) is 38.0. The summed E-state index contributed by atoms with van der Waals surface area (Å²) >= 11 is 3.11. The van der Waals surface area contributed by atoms with Crippen LogP contribution in [0.5, 0.6) is 0 Å². The van der Waals surface area contributed by atoms with Crippen LogP contribution in [0.25, 0.3) is 0 Å². The summed E-state index contributed by atoms with van der Waals surface area (Å²) in [5, 5.41) is 0. The molecule has 0 spiro atoms. The van der Waals surface area contributed by atoms with Gasteiger partial charge in [-0.1, -0.05) is 245 Å². The molecule has 0 rings (SSSR count). The molecule has 0 aromatic heterocycles. The predicted octanol–water partition coefficient (Wildman–Crippen LogP) is 16.4. The first-order chi connectivity index (χ1) is 27.4. The van der Waals surface area contributed by atoms with Gasteiger partial charge in [0.15, 0.2) is 5.62 Å². The van der Waals surface area contributed by atoms with Gasteiger partial charge in [0.25, 0.3) is 11.9 Å². The SMILES string of the molecule is CCCCCCCCCCCCCCCCCC(=O)O[Si](CCCCCCCCCC)(OC)OC(=O)CCCCCCCCCCCCCCCCC.O=CS. The van der Waals surface area contributed by atoms with Crippen LogP contribution in [0.15, 0.2) is 0 Å². The van der Waals surface area contributed by atoms with Gasteiger partial charge >= 0.3 is 8.80 Å². The number of unbranched alkanes of at least 4 members (excludes halogenated alkanes) is 35. The van der Waals surface area contributed by atoms with Gasteiger partial charge in [0.2, 0.25) is 0 Å². The summed E-state index contributed by atoms with van der Waals surface area (Å²) in [6.45, 7) is 6.81. The zero-order chi connectivity index (χ0) is 41.5. The molecule has 0 unspecified atom stereocenters. The Bertz CT molecular complexity index is 765. The molecule has 0 amide bonds. The van der Waals surface area contributed by atoms with Crippen molar-refractivity contribution in [2.75, 3.05) is 7.11 Å². The van der Waals surface area contributed by atoms with Gasteiger partial charge in [-0.15, -0.1) is 12.6 Å². The average molecular weight is 829 g/mol. The van der Waals surface area contributed by atoms with Gasteiger partial charge in [-0.2, -0.15) is 0 Å². The third-order valence-corrected chi connectivity index (χ3v) is 13.8. The van der Waals surface area contributed by atoms with E-state index in [1.165, 1.54) is 199 Å². The maximum atomic E-state index is 13.0. The molecule has 0 aliphatic carbocycles. The Kier molecular flexibility index (Phi) is 49.6. The van der Waals surface area contributed by atoms with Crippen LogP contribution in [0, 0.1) is 0 Å². The van der Waals surface area contributed by atoms with Crippen LogP contribution >= 0.6 is 12.6 Å². The third-order valence-electron chi connectivity index (χ3n) is 11.2. The molecule has 0 aromatic carbocycles. The smallest absolute Gasteiger partial charge is 0.464 e. The number of carbonyl (C=O) groups excluding carboxylic acids is 3. The molecule has 56 heavy (non-hydrogen) atoms. The minimum atomic E-state index is -3.39. The van der Waals surface area contributed by atoms with Crippen molar-refractivity contribution < 1.29 is 27.7 Å². The van der Waals surface area contributed by atoms with Gasteiger partial charge in [-0.3, -0.25) is 14.4 Å². The maximum absolute atomic E-state index is 13.0. The van der Waals surface area contributed by atoms with E-state index in [1.54, 1.807) is 7.11 Å². The number of carbonyl (C=O) groups is 3. The van der Waals surface area contributed by atoms with Crippen LogP contribution in [0.3, 0.4) is 0 Å². The van der Waals surface area contributed by atoms with E-state index in [-0.39, 0.29) is 11.9 Å². The normalized spacial score (nSPS) is 11.3. The lowest BCUT2D eigenvalue weighted by Gasteiger charge is -2.27. The lowest BCUT2D eigenvalue weighted by atomic mass is 10.0. The Morgan fingerprint density at radius 3 is 0.804 bits per heavy atom. The van der Waals surface area contributed by atoms with E-state index in [0.29, 0.717) is 24.5 Å². The predicted molar refractivity (Wildman–Crippen MR) is 247 cm³/mol. The molecule has 0 heterocycles. The van der Waals surface area contributed by atoms with Crippen LogP contribution in [-0.2, 0) is 27.7 Å². The second-order valence-electron chi connectivity index (χ2n) is 16.6. The minimum Gasteiger partial charge on any atom is -0.464 e. The van der Waals surface area contributed by atoms with Crippen molar-refractivity contribution in [3.63, 3.8) is 0 Å². The summed E-state index contributed by atoms with van der Waals surface area (Å²) in [6.07, 6.45) is 49.1. The monoisotopic (exact) mass is 829 g/mol. The lowest BCUT2D eigenvalue weighted by Crippen LogP contribution is -2.48. The Hall–Kier alpha value is -0.863. The summed E-state index contributed by atoms with van der Waals surface area (Å²) in [4.78, 5) is 34.7. The first-order valence-electron chi connectivity index (χ1n) is 24.5. The number of rotatable bonds is 44. The van der Waals surface area contributed by atoms with E-state index in [0.717, 1.165) is 44.9 Å². The number of hydrogen-bond donors (Lipinski definition) is 1. The molecule has 0 aliphatic rings. The van der Waals surface area contributed by atoms with Crippen molar-refractivity contribution in [2.24, 2.45) is 0 Å². The summed E-state index contributed by atoms with van der Waals surface area (Å²) in [5.41, 5.74) is 0.444. The molecule has 0 N–H and O–H groups in total. The highest BCUT2D eigenvalue weighted by Gasteiger charge is 2.47. The molecule has 8 heteroatoms. The molecule has 0 radical (unpaired) electrons. The fraction of sp³-hybridized carbons (Fsp3) is 0.938. The molecular weight excluding hydrogens is 733 g/mol. The van der Waals surface area contributed by atoms with Gasteiger partial charge in [-0.25, -0.2) is 0 Å². The van der Waals surface area contributed by atoms with E-state index < -0.39 is 8.80 Å². The third kappa shape index (κ3) is 44.2. The Morgan fingerprint density at radius 2 is 0.589 bits per heavy atom. The van der Waals surface area contributed by atoms with Crippen LogP contribution < -0.4 is 0 Å². The van der Waals surface area contributed by atoms with E-state index in [2.05, 4.69) is 33.4 Å². The first kappa shape index (κ1) is 57.2. The molecule has 0 aromatic rings. The molecule has 6 nitrogen and oxygen atoms in total. The van der Waals surface area contributed by atoms with E-state index in [1.807, 2.05) is 0 Å². The van der Waals surface area contributed by atoms with Crippen molar-refractivity contribution in [3.05, 3.63) is 0 Å². The Balaban J connectivity index is 0. The summed E-state index contributed by atoms with van der Waals surface area (Å²) in [6, 6.07) is 0.535. The van der Waals surface area contributed by atoms with Crippen LogP contribution in [0.1, 0.15) is 278 Å². The minimum absolute atomic E-state index is 0.257. The first-order valence-corrected chi connectivity index (χ1v) is 27.0. The molecule has 0 fully saturated rings. The topological polar surface area (TPSA) is 78.9 Å². The van der Waals surface area contributed by atoms with Gasteiger partial charge in [0, 0.05) is 26.0 Å². The zero-order valence-corrected chi connectivity index (χ0v) is 39.9. The standard InChI is InChI=1S/C47H94O5Si.CH2OS/c1-5-8-11-14-17-20-22-24-26-28-30-32-34-37-40-43-46(48)51-53(50-4,45-42-39-36-19-16-13-10-7-3)52-47(49)44-41-38-35-33-31-29-27-25-23-21-18-15-12-9-6-2;2-1-3/h5-45H2,1-4H3;1H,(H,2,3). The van der Waals surface area contributed by atoms with E-state index >= 15 is 0 Å². The second kappa shape index (κ2) is 48.5. The highest BCUT2D eigenvalue weighted by molar-refractivity contribution is 7.94. The van der Waals surface area contributed by atoms with Crippen molar-refractivity contribution in [1.82, 2.24) is 0 Å². The summed E-state index contributed by atoms with van der Waals surface area (Å²) < 4.78 is 17.8. The van der Waals surface area contributed by atoms with Crippen LogP contribution in [0.4, 0.5) is 0 Å². The van der Waals surface area contributed by atoms with Gasteiger partial charge in [0.1, 0.15) is 0 Å². The van der Waals surface area contributed by atoms with E-state index in [4.69, 9.17) is 18.1 Å². The Morgan fingerprint density at radius 1 is 0.393 bits per heavy atom. The molecule has 0 saturated carbocycles. The molecule has 0 aliphatic heterocycles. The van der Waals surface area contributed by atoms with Gasteiger partial charge < -0.3 is 13.3 Å².